The maximum absolute atomic E-state index is 5.57. The van der Waals surface area contributed by atoms with Crippen LogP contribution in [0.1, 0.15) is 25.7 Å². The molecule has 4 nitrogen and oxygen atoms in total. The number of hydrazine groups is 1. The molecule has 1 aliphatic rings. The first-order valence-corrected chi connectivity index (χ1v) is 6.09. The summed E-state index contributed by atoms with van der Waals surface area (Å²) in [6, 6.07) is 9.83. The molecule has 1 aromatic carbocycles. The highest BCUT2D eigenvalue weighted by Gasteiger charge is 2.15. The number of nitrogens with two attached hydrogens (primary N) is 1. The number of para-hydroxylation sites is 1. The molecule has 0 aliphatic carbocycles. The number of hydrogen-bond acceptors (Lipinski definition) is 3. The first-order valence-electron chi connectivity index (χ1n) is 6.09. The Kier molecular flexibility index (Phi) is 4.53. The second-order valence-corrected chi connectivity index (χ2v) is 4.21. The van der Waals surface area contributed by atoms with Crippen molar-refractivity contribution in [1.29, 1.82) is 0 Å². The van der Waals surface area contributed by atoms with Gasteiger partial charge in [0, 0.05) is 13.0 Å². The molecule has 92 valence electrons. The molecule has 0 bridgehead atoms. The van der Waals surface area contributed by atoms with Crippen molar-refractivity contribution in [1.82, 2.24) is 5.43 Å². The van der Waals surface area contributed by atoms with Crippen molar-refractivity contribution in [3.05, 3.63) is 30.3 Å². The van der Waals surface area contributed by atoms with E-state index in [1.807, 2.05) is 30.3 Å². The molecule has 4 heteroatoms. The Bertz CT molecular complexity index is 358. The summed E-state index contributed by atoms with van der Waals surface area (Å²) in [5.41, 5.74) is 3.59. The average Bonchev–Trinajstić information content (AvgIpc) is 2.89. The molecule has 0 radical (unpaired) electrons. The minimum absolute atomic E-state index is 0.379. The lowest BCUT2D eigenvalue weighted by Crippen LogP contribution is -2.30. The third kappa shape index (κ3) is 3.84. The highest BCUT2D eigenvalue weighted by atomic mass is 16.5. The summed E-state index contributed by atoms with van der Waals surface area (Å²) in [6.07, 6.45) is 4.52. The van der Waals surface area contributed by atoms with E-state index in [-0.39, 0.29) is 0 Å². The fraction of sp³-hybridized carbons (Fsp3) is 0.462. The largest absolute Gasteiger partial charge is 0.378 e. The van der Waals surface area contributed by atoms with E-state index < -0.39 is 0 Å². The predicted octanol–water partition coefficient (Wildman–Crippen LogP) is 2.14. The number of rotatable bonds is 4. The van der Waals surface area contributed by atoms with Crippen molar-refractivity contribution in [3.63, 3.8) is 0 Å². The Labute approximate surface area is 102 Å². The van der Waals surface area contributed by atoms with Gasteiger partial charge in [0.2, 0.25) is 0 Å². The molecule has 1 atom stereocenters. The smallest absolute Gasteiger partial charge is 0.116 e. The van der Waals surface area contributed by atoms with E-state index >= 15 is 0 Å². The highest BCUT2D eigenvalue weighted by molar-refractivity contribution is 5.84. The van der Waals surface area contributed by atoms with E-state index in [9.17, 15) is 0 Å². The standard InChI is InChI=1S/C13H19N3O/c14-16-13(9-8-12-7-4-10-17-12)15-11-5-2-1-3-6-11/h1-3,5-6,12H,4,7-10,14H2,(H,15,16). The first kappa shape index (κ1) is 12.1. The van der Waals surface area contributed by atoms with Crippen LogP contribution in [0.25, 0.3) is 0 Å². The lowest BCUT2D eigenvalue weighted by Gasteiger charge is -2.10. The van der Waals surface area contributed by atoms with Crippen LogP contribution < -0.4 is 11.3 Å². The van der Waals surface area contributed by atoms with Gasteiger partial charge in [0.05, 0.1) is 11.8 Å². The number of nitrogens with one attached hydrogen (secondary N) is 1. The maximum Gasteiger partial charge on any atom is 0.116 e. The van der Waals surface area contributed by atoms with Crippen molar-refractivity contribution in [2.45, 2.75) is 31.8 Å². The molecule has 17 heavy (non-hydrogen) atoms. The molecule has 0 aromatic heterocycles. The normalized spacial score (nSPS) is 20.5. The SMILES string of the molecule is NNC(CCC1CCCO1)=Nc1ccccc1. The van der Waals surface area contributed by atoms with Crippen molar-refractivity contribution < 1.29 is 4.74 Å². The van der Waals surface area contributed by atoms with Crippen LogP contribution in [0.3, 0.4) is 0 Å². The summed E-state index contributed by atoms with van der Waals surface area (Å²) >= 11 is 0. The van der Waals surface area contributed by atoms with Gasteiger partial charge in [0.15, 0.2) is 0 Å². The van der Waals surface area contributed by atoms with Gasteiger partial charge in [0.25, 0.3) is 0 Å². The van der Waals surface area contributed by atoms with Crippen LogP contribution in [0.15, 0.2) is 35.3 Å². The van der Waals surface area contributed by atoms with Gasteiger partial charge in [0.1, 0.15) is 5.84 Å². The molecular weight excluding hydrogens is 214 g/mol. The highest BCUT2D eigenvalue weighted by Crippen LogP contribution is 2.17. The fourth-order valence-electron chi connectivity index (χ4n) is 1.99. The third-order valence-corrected chi connectivity index (χ3v) is 2.91. The first-order chi connectivity index (χ1) is 8.38. The number of hydrogen-bond donors (Lipinski definition) is 2. The van der Waals surface area contributed by atoms with Crippen LogP contribution in [0, 0.1) is 0 Å². The van der Waals surface area contributed by atoms with Crippen LogP contribution in [0.2, 0.25) is 0 Å². The van der Waals surface area contributed by atoms with Crippen molar-refractivity contribution >= 4 is 11.5 Å². The van der Waals surface area contributed by atoms with Crippen LogP contribution in [-0.4, -0.2) is 18.5 Å². The molecule has 2 rings (SSSR count). The van der Waals surface area contributed by atoms with E-state index in [2.05, 4.69) is 10.4 Å². The molecule has 3 N–H and O–H groups in total. The lowest BCUT2D eigenvalue weighted by molar-refractivity contribution is 0.106. The Morgan fingerprint density at radius 2 is 2.24 bits per heavy atom. The lowest BCUT2D eigenvalue weighted by atomic mass is 10.1. The van der Waals surface area contributed by atoms with Gasteiger partial charge >= 0.3 is 0 Å². The maximum atomic E-state index is 5.57. The zero-order chi connectivity index (χ0) is 11.9. The molecule has 0 spiro atoms. The topological polar surface area (TPSA) is 59.6 Å². The monoisotopic (exact) mass is 233 g/mol. The Hall–Kier alpha value is -1.39. The zero-order valence-corrected chi connectivity index (χ0v) is 9.93. The van der Waals surface area contributed by atoms with Crippen LogP contribution in [0.4, 0.5) is 5.69 Å². The summed E-state index contributed by atoms with van der Waals surface area (Å²) in [7, 11) is 0. The fourth-order valence-corrected chi connectivity index (χ4v) is 1.99. The molecular formula is C13H19N3O. The predicted molar refractivity (Wildman–Crippen MR) is 69.1 cm³/mol. The van der Waals surface area contributed by atoms with Crippen LogP contribution in [-0.2, 0) is 4.74 Å². The number of amidine groups is 1. The molecule has 0 saturated carbocycles. The Morgan fingerprint density at radius 1 is 1.41 bits per heavy atom. The molecule has 1 aliphatic heterocycles. The van der Waals surface area contributed by atoms with E-state index in [0.717, 1.165) is 37.4 Å². The van der Waals surface area contributed by atoms with E-state index in [4.69, 9.17) is 10.6 Å². The summed E-state index contributed by atoms with van der Waals surface area (Å²) in [5.74, 6) is 6.30. The summed E-state index contributed by atoms with van der Waals surface area (Å²) in [6.45, 7) is 0.895. The summed E-state index contributed by atoms with van der Waals surface area (Å²) in [4.78, 5) is 4.46. The Balaban J connectivity index is 1.89. The molecule has 0 amide bonds. The van der Waals surface area contributed by atoms with E-state index in [1.54, 1.807) is 0 Å². The molecule has 1 saturated heterocycles. The van der Waals surface area contributed by atoms with Crippen molar-refractivity contribution in [3.8, 4) is 0 Å². The van der Waals surface area contributed by atoms with Crippen LogP contribution in [0.5, 0.6) is 0 Å². The quantitative estimate of drug-likeness (QED) is 0.362. The number of benzene rings is 1. The Morgan fingerprint density at radius 3 is 2.88 bits per heavy atom. The van der Waals surface area contributed by atoms with Gasteiger partial charge in [-0.2, -0.15) is 0 Å². The van der Waals surface area contributed by atoms with Crippen LogP contribution >= 0.6 is 0 Å². The molecule has 1 fully saturated rings. The number of nitrogens with zero attached hydrogens (tertiary/aromatic N) is 1. The summed E-state index contributed by atoms with van der Waals surface area (Å²) < 4.78 is 5.57. The van der Waals surface area contributed by atoms with Crippen molar-refractivity contribution in [2.75, 3.05) is 6.61 Å². The summed E-state index contributed by atoms with van der Waals surface area (Å²) in [5, 5.41) is 0. The van der Waals surface area contributed by atoms with Gasteiger partial charge < -0.3 is 10.2 Å². The van der Waals surface area contributed by atoms with Gasteiger partial charge in [-0.3, -0.25) is 0 Å². The van der Waals surface area contributed by atoms with E-state index in [0.29, 0.717) is 6.10 Å². The van der Waals surface area contributed by atoms with E-state index in [1.165, 1.54) is 6.42 Å². The molecule has 1 unspecified atom stereocenters. The third-order valence-electron chi connectivity index (χ3n) is 2.91. The zero-order valence-electron chi connectivity index (χ0n) is 9.93. The van der Waals surface area contributed by atoms with Gasteiger partial charge in [-0.1, -0.05) is 18.2 Å². The minimum atomic E-state index is 0.379. The van der Waals surface area contributed by atoms with Crippen molar-refractivity contribution in [2.24, 2.45) is 10.8 Å². The van der Waals surface area contributed by atoms with Gasteiger partial charge in [-0.25, -0.2) is 10.8 Å². The molecule has 1 heterocycles. The number of ether oxygens (including phenoxy) is 1. The van der Waals surface area contributed by atoms with Gasteiger partial charge in [-0.05, 0) is 31.4 Å². The van der Waals surface area contributed by atoms with Gasteiger partial charge in [-0.15, -0.1) is 0 Å². The second kappa shape index (κ2) is 6.37. The number of aliphatic imine (C=N–C) groups is 1. The minimum Gasteiger partial charge on any atom is -0.378 e. The second-order valence-electron chi connectivity index (χ2n) is 4.21. The molecule has 1 aromatic rings. The average molecular weight is 233 g/mol.